The Hall–Kier alpha value is -1.36. The third-order valence-electron chi connectivity index (χ3n) is 4.27. The lowest BCUT2D eigenvalue weighted by molar-refractivity contribution is 0.0690. The zero-order valence-electron chi connectivity index (χ0n) is 13.9. The topological polar surface area (TPSA) is 50.2 Å². The molecule has 21 heavy (non-hydrogen) atoms. The fraction of sp³-hybridized carbons (Fsp3) is 0.750. The van der Waals surface area contributed by atoms with Crippen LogP contribution in [0.2, 0.25) is 0 Å². The van der Waals surface area contributed by atoms with E-state index in [2.05, 4.69) is 31.2 Å². The summed E-state index contributed by atoms with van der Waals surface area (Å²) in [7, 11) is 1.99. The van der Waals surface area contributed by atoms with Gasteiger partial charge in [-0.3, -0.25) is 9.48 Å². The third-order valence-corrected chi connectivity index (χ3v) is 4.27. The Kier molecular flexibility index (Phi) is 4.71. The van der Waals surface area contributed by atoms with E-state index in [-0.39, 0.29) is 11.4 Å². The number of hydrogen-bond acceptors (Lipinski definition) is 3. The number of nitrogens with zero attached hydrogens (tertiary/aromatic N) is 3. The average molecular weight is 292 g/mol. The van der Waals surface area contributed by atoms with Gasteiger partial charge in [-0.2, -0.15) is 5.10 Å². The fourth-order valence-electron chi connectivity index (χ4n) is 3.10. The van der Waals surface area contributed by atoms with Crippen LogP contribution in [0.3, 0.4) is 0 Å². The highest BCUT2D eigenvalue weighted by molar-refractivity contribution is 5.95. The van der Waals surface area contributed by atoms with Crippen molar-refractivity contribution in [1.29, 1.82) is 0 Å². The summed E-state index contributed by atoms with van der Waals surface area (Å²) in [5.74, 6) is 0.823. The molecule has 0 unspecified atom stereocenters. The Morgan fingerprint density at radius 2 is 2.00 bits per heavy atom. The Bertz CT molecular complexity index is 493. The van der Waals surface area contributed by atoms with Gasteiger partial charge in [-0.25, -0.2) is 0 Å². The maximum absolute atomic E-state index is 12.7. The molecule has 2 heterocycles. The van der Waals surface area contributed by atoms with E-state index >= 15 is 0 Å². The molecular weight excluding hydrogens is 264 g/mol. The first-order valence-electron chi connectivity index (χ1n) is 7.83. The largest absolute Gasteiger partial charge is 0.339 e. The van der Waals surface area contributed by atoms with Crippen LogP contribution in [0.5, 0.6) is 0 Å². The van der Waals surface area contributed by atoms with Crippen molar-refractivity contribution in [1.82, 2.24) is 20.0 Å². The van der Waals surface area contributed by atoms with Crippen LogP contribution in [0.25, 0.3) is 0 Å². The van der Waals surface area contributed by atoms with Gasteiger partial charge in [0.05, 0.1) is 17.3 Å². The number of hydrogen-bond donors (Lipinski definition) is 1. The van der Waals surface area contributed by atoms with Gasteiger partial charge in [-0.05, 0) is 60.0 Å². The van der Waals surface area contributed by atoms with E-state index in [1.807, 2.05) is 23.6 Å². The standard InChI is InChI=1S/C16H28N4O/c1-12-14(11-18-20(12)16(2,3)4)15(21)19-8-6-13(7-9-19)10-17-5/h11,13,17H,6-10H2,1-5H3. The predicted octanol–water partition coefficient (Wildman–Crippen LogP) is 2.02. The maximum Gasteiger partial charge on any atom is 0.257 e. The lowest BCUT2D eigenvalue weighted by atomic mass is 9.96. The molecule has 0 saturated carbocycles. The van der Waals surface area contributed by atoms with Crippen LogP contribution in [0.1, 0.15) is 49.7 Å². The minimum Gasteiger partial charge on any atom is -0.339 e. The highest BCUT2D eigenvalue weighted by atomic mass is 16.2. The first kappa shape index (κ1) is 16.0. The van der Waals surface area contributed by atoms with E-state index < -0.39 is 0 Å². The summed E-state index contributed by atoms with van der Waals surface area (Å²) < 4.78 is 1.94. The summed E-state index contributed by atoms with van der Waals surface area (Å²) in [6.45, 7) is 11.0. The summed E-state index contributed by atoms with van der Waals surface area (Å²) in [5.41, 5.74) is 1.62. The number of aromatic nitrogens is 2. The van der Waals surface area contributed by atoms with E-state index in [0.29, 0.717) is 5.92 Å². The van der Waals surface area contributed by atoms with Gasteiger partial charge in [-0.15, -0.1) is 0 Å². The molecule has 1 aliphatic heterocycles. The normalized spacial score (nSPS) is 17.3. The summed E-state index contributed by atoms with van der Waals surface area (Å²) in [5, 5.41) is 7.63. The number of carbonyl (C=O) groups is 1. The summed E-state index contributed by atoms with van der Waals surface area (Å²) in [6.07, 6.45) is 3.89. The van der Waals surface area contributed by atoms with Crippen molar-refractivity contribution in [3.8, 4) is 0 Å². The second-order valence-electron chi connectivity index (χ2n) is 7.02. The molecule has 2 rings (SSSR count). The number of carbonyl (C=O) groups excluding carboxylic acids is 1. The monoisotopic (exact) mass is 292 g/mol. The second-order valence-corrected chi connectivity index (χ2v) is 7.02. The van der Waals surface area contributed by atoms with Gasteiger partial charge in [0.25, 0.3) is 5.91 Å². The van der Waals surface area contributed by atoms with Crippen molar-refractivity contribution in [2.24, 2.45) is 5.92 Å². The summed E-state index contributed by atoms with van der Waals surface area (Å²) >= 11 is 0. The first-order valence-corrected chi connectivity index (χ1v) is 7.83. The molecule has 1 fully saturated rings. The molecule has 0 bridgehead atoms. The quantitative estimate of drug-likeness (QED) is 0.927. The van der Waals surface area contributed by atoms with Gasteiger partial charge in [0, 0.05) is 18.8 Å². The number of rotatable bonds is 3. The van der Waals surface area contributed by atoms with Crippen molar-refractivity contribution < 1.29 is 4.79 Å². The molecule has 5 nitrogen and oxygen atoms in total. The van der Waals surface area contributed by atoms with Crippen molar-refractivity contribution in [2.45, 2.75) is 46.1 Å². The molecule has 1 aliphatic rings. The van der Waals surface area contributed by atoms with Crippen molar-refractivity contribution >= 4 is 5.91 Å². The van der Waals surface area contributed by atoms with Gasteiger partial charge in [0.1, 0.15) is 0 Å². The van der Waals surface area contributed by atoms with Gasteiger partial charge in [0.15, 0.2) is 0 Å². The molecular formula is C16H28N4O. The molecule has 0 aliphatic carbocycles. The molecule has 0 atom stereocenters. The Balaban J connectivity index is 2.07. The number of likely N-dealkylation sites (tertiary alicyclic amines) is 1. The highest BCUT2D eigenvalue weighted by Crippen LogP contribution is 2.22. The van der Waals surface area contributed by atoms with Crippen LogP contribution in [0.4, 0.5) is 0 Å². The molecule has 0 aromatic carbocycles. The smallest absolute Gasteiger partial charge is 0.257 e. The second kappa shape index (κ2) is 6.18. The Morgan fingerprint density at radius 1 is 1.38 bits per heavy atom. The predicted molar refractivity (Wildman–Crippen MR) is 84.5 cm³/mol. The molecule has 1 N–H and O–H groups in total. The Labute approximate surface area is 127 Å². The van der Waals surface area contributed by atoms with Gasteiger partial charge in [-0.1, -0.05) is 0 Å². The Morgan fingerprint density at radius 3 is 2.48 bits per heavy atom. The first-order chi connectivity index (χ1) is 9.84. The van der Waals surface area contributed by atoms with E-state index in [0.717, 1.165) is 43.7 Å². The molecule has 5 heteroatoms. The molecule has 1 aromatic rings. The van der Waals surface area contributed by atoms with Crippen molar-refractivity contribution in [2.75, 3.05) is 26.7 Å². The third kappa shape index (κ3) is 3.46. The minimum absolute atomic E-state index is 0.0948. The lowest BCUT2D eigenvalue weighted by Crippen LogP contribution is -2.40. The van der Waals surface area contributed by atoms with Crippen LogP contribution in [0, 0.1) is 12.8 Å². The van der Waals surface area contributed by atoms with E-state index in [9.17, 15) is 4.79 Å². The summed E-state index contributed by atoms with van der Waals surface area (Å²) in [4.78, 5) is 14.7. The average Bonchev–Trinajstić information content (AvgIpc) is 2.81. The van der Waals surface area contributed by atoms with Crippen LogP contribution in [-0.2, 0) is 5.54 Å². The van der Waals surface area contributed by atoms with Crippen LogP contribution >= 0.6 is 0 Å². The van der Waals surface area contributed by atoms with E-state index in [1.54, 1.807) is 6.20 Å². The van der Waals surface area contributed by atoms with E-state index in [4.69, 9.17) is 0 Å². The van der Waals surface area contributed by atoms with Gasteiger partial charge in [0.2, 0.25) is 0 Å². The SMILES string of the molecule is CNCC1CCN(C(=O)c2cnn(C(C)(C)C)c2C)CC1. The molecule has 1 amide bonds. The highest BCUT2D eigenvalue weighted by Gasteiger charge is 2.27. The molecule has 1 saturated heterocycles. The van der Waals surface area contributed by atoms with E-state index in [1.165, 1.54) is 0 Å². The van der Waals surface area contributed by atoms with Gasteiger partial charge < -0.3 is 10.2 Å². The van der Waals surface area contributed by atoms with Gasteiger partial charge >= 0.3 is 0 Å². The fourth-order valence-corrected chi connectivity index (χ4v) is 3.10. The van der Waals surface area contributed by atoms with Crippen molar-refractivity contribution in [3.05, 3.63) is 17.5 Å². The van der Waals surface area contributed by atoms with Crippen molar-refractivity contribution in [3.63, 3.8) is 0 Å². The minimum atomic E-state index is -0.0948. The van der Waals surface area contributed by atoms with Crippen LogP contribution < -0.4 is 5.32 Å². The molecule has 1 aromatic heterocycles. The molecule has 0 radical (unpaired) electrons. The lowest BCUT2D eigenvalue weighted by Gasteiger charge is -2.32. The maximum atomic E-state index is 12.7. The number of amides is 1. The molecule has 0 spiro atoms. The van der Waals surface area contributed by atoms with Crippen LogP contribution in [-0.4, -0.2) is 47.3 Å². The molecule has 118 valence electrons. The zero-order chi connectivity index (χ0) is 15.6. The summed E-state index contributed by atoms with van der Waals surface area (Å²) in [6, 6.07) is 0. The number of piperidine rings is 1. The zero-order valence-corrected chi connectivity index (χ0v) is 13.9. The number of nitrogens with one attached hydrogen (secondary N) is 1. The van der Waals surface area contributed by atoms with Crippen LogP contribution in [0.15, 0.2) is 6.20 Å².